The molecule has 1 aromatic carbocycles. The second kappa shape index (κ2) is 8.96. The van der Waals surface area contributed by atoms with Gasteiger partial charge in [-0.3, -0.25) is 4.79 Å². The van der Waals surface area contributed by atoms with Crippen LogP contribution in [0, 0.1) is 6.92 Å². The molecule has 1 atom stereocenters. The van der Waals surface area contributed by atoms with Crippen molar-refractivity contribution in [3.63, 3.8) is 0 Å². The molecule has 3 rings (SSSR count). The first-order valence-electron chi connectivity index (χ1n) is 9.22. The summed E-state index contributed by atoms with van der Waals surface area (Å²) in [5.74, 6) is -0.223. The lowest BCUT2D eigenvalue weighted by Gasteiger charge is -2.27. The fourth-order valence-electron chi connectivity index (χ4n) is 3.14. The summed E-state index contributed by atoms with van der Waals surface area (Å²) in [4.78, 5) is 25.4. The molecule has 0 saturated heterocycles. The Morgan fingerprint density at radius 1 is 1.31 bits per heavy atom. The zero-order valence-corrected chi connectivity index (χ0v) is 18.4. The monoisotopic (exact) mass is 433 g/mol. The van der Waals surface area contributed by atoms with E-state index in [-0.39, 0.29) is 5.76 Å². The number of amides is 1. The van der Waals surface area contributed by atoms with E-state index < -0.39 is 17.4 Å². The van der Waals surface area contributed by atoms with Gasteiger partial charge in [-0.1, -0.05) is 54.6 Å². The molecule has 9 heteroatoms. The number of nitrogens with zero attached hydrogens (tertiary/aromatic N) is 2. The van der Waals surface area contributed by atoms with Crippen LogP contribution in [0.15, 0.2) is 33.0 Å². The SMILES string of the molecule is CCCC(C)(NC(=O)c1oc2ccccc2c1CSc1nnc(C)s1)C(=O)OC. The highest BCUT2D eigenvalue weighted by Crippen LogP contribution is 2.33. The summed E-state index contributed by atoms with van der Waals surface area (Å²) in [7, 11) is 1.32. The molecule has 0 saturated carbocycles. The minimum Gasteiger partial charge on any atom is -0.467 e. The van der Waals surface area contributed by atoms with Crippen LogP contribution >= 0.6 is 23.1 Å². The van der Waals surface area contributed by atoms with Gasteiger partial charge in [-0.2, -0.15) is 0 Å². The van der Waals surface area contributed by atoms with Crippen molar-refractivity contribution in [1.29, 1.82) is 0 Å². The van der Waals surface area contributed by atoms with Crippen LogP contribution in [0.25, 0.3) is 11.0 Å². The Morgan fingerprint density at radius 3 is 2.72 bits per heavy atom. The number of aryl methyl sites for hydroxylation is 1. The molecule has 0 aliphatic rings. The average Bonchev–Trinajstić information content (AvgIpc) is 3.29. The van der Waals surface area contributed by atoms with Gasteiger partial charge in [0.1, 0.15) is 16.1 Å². The summed E-state index contributed by atoms with van der Waals surface area (Å²) in [6, 6.07) is 7.50. The van der Waals surface area contributed by atoms with Gasteiger partial charge in [-0.15, -0.1) is 10.2 Å². The molecule has 0 radical (unpaired) electrons. The third-order valence-electron chi connectivity index (χ3n) is 4.53. The molecule has 154 valence electrons. The average molecular weight is 434 g/mol. The van der Waals surface area contributed by atoms with Crippen molar-refractivity contribution >= 4 is 45.9 Å². The summed E-state index contributed by atoms with van der Waals surface area (Å²) >= 11 is 3.00. The van der Waals surface area contributed by atoms with Crippen LogP contribution in [-0.4, -0.2) is 34.7 Å². The highest BCUT2D eigenvalue weighted by atomic mass is 32.2. The highest BCUT2D eigenvalue weighted by molar-refractivity contribution is 8.00. The molecular formula is C20H23N3O4S2. The maximum Gasteiger partial charge on any atom is 0.331 e. The molecule has 1 amide bonds. The number of hydrogen-bond acceptors (Lipinski definition) is 8. The lowest BCUT2D eigenvalue weighted by atomic mass is 9.96. The molecule has 0 aliphatic heterocycles. The molecule has 2 aromatic heterocycles. The predicted molar refractivity (Wildman–Crippen MR) is 113 cm³/mol. The molecule has 0 aliphatic carbocycles. The van der Waals surface area contributed by atoms with Crippen LogP contribution in [0.3, 0.4) is 0 Å². The summed E-state index contributed by atoms with van der Waals surface area (Å²) in [5, 5.41) is 12.7. The number of benzene rings is 1. The molecule has 2 heterocycles. The van der Waals surface area contributed by atoms with Crippen molar-refractivity contribution in [1.82, 2.24) is 15.5 Å². The molecule has 0 fully saturated rings. The third kappa shape index (κ3) is 4.62. The summed E-state index contributed by atoms with van der Waals surface area (Å²) in [5.41, 5.74) is 0.261. The van der Waals surface area contributed by atoms with E-state index in [9.17, 15) is 9.59 Å². The molecule has 1 N–H and O–H groups in total. The molecule has 29 heavy (non-hydrogen) atoms. The number of para-hydroxylation sites is 1. The van der Waals surface area contributed by atoms with Crippen molar-refractivity contribution in [3.05, 3.63) is 40.6 Å². The standard InChI is InChI=1S/C20H23N3O4S2/c1-5-10-20(3,18(25)26-4)21-17(24)16-14(11-28-19-23-22-12(2)29-19)13-8-6-7-9-15(13)27-16/h6-9H,5,10-11H2,1-4H3,(H,21,24). The Bertz CT molecular complexity index is 1030. The van der Waals surface area contributed by atoms with E-state index >= 15 is 0 Å². The van der Waals surface area contributed by atoms with Gasteiger partial charge >= 0.3 is 5.97 Å². The second-order valence-corrected chi connectivity index (χ2v) is 9.21. The number of aromatic nitrogens is 2. The minimum atomic E-state index is -1.12. The zero-order chi connectivity index (χ0) is 21.0. The van der Waals surface area contributed by atoms with Gasteiger partial charge in [0.05, 0.1) is 7.11 Å². The van der Waals surface area contributed by atoms with Crippen molar-refractivity contribution in [2.24, 2.45) is 0 Å². The van der Waals surface area contributed by atoms with Gasteiger partial charge < -0.3 is 14.5 Å². The van der Waals surface area contributed by atoms with Crippen LogP contribution < -0.4 is 5.32 Å². The van der Waals surface area contributed by atoms with E-state index in [1.807, 2.05) is 38.1 Å². The molecule has 0 spiro atoms. The first-order valence-corrected chi connectivity index (χ1v) is 11.0. The molecule has 7 nitrogen and oxygen atoms in total. The number of rotatable bonds is 8. The number of fused-ring (bicyclic) bond motifs is 1. The minimum absolute atomic E-state index is 0.200. The maximum atomic E-state index is 13.1. The van der Waals surface area contributed by atoms with E-state index in [0.717, 1.165) is 20.3 Å². The van der Waals surface area contributed by atoms with E-state index in [4.69, 9.17) is 9.15 Å². The Kier molecular flexibility index (Phi) is 6.59. The Morgan fingerprint density at radius 2 is 2.07 bits per heavy atom. The summed E-state index contributed by atoms with van der Waals surface area (Å²) in [6.07, 6.45) is 1.17. The van der Waals surface area contributed by atoms with E-state index in [2.05, 4.69) is 15.5 Å². The Hall–Kier alpha value is -2.39. The quantitative estimate of drug-likeness (QED) is 0.417. The number of esters is 1. The lowest BCUT2D eigenvalue weighted by Crippen LogP contribution is -2.52. The largest absolute Gasteiger partial charge is 0.467 e. The molecule has 1 unspecified atom stereocenters. The fourth-order valence-corrected chi connectivity index (χ4v) is 4.99. The fraction of sp³-hybridized carbons (Fsp3) is 0.400. The van der Waals surface area contributed by atoms with Crippen molar-refractivity contribution in [2.45, 2.75) is 49.2 Å². The van der Waals surface area contributed by atoms with Crippen molar-refractivity contribution in [2.75, 3.05) is 7.11 Å². The number of methoxy groups -OCH3 is 1. The van der Waals surface area contributed by atoms with Crippen molar-refractivity contribution < 1.29 is 18.7 Å². The zero-order valence-electron chi connectivity index (χ0n) is 16.8. The van der Waals surface area contributed by atoms with Crippen LogP contribution in [0.4, 0.5) is 0 Å². The smallest absolute Gasteiger partial charge is 0.331 e. The molecule has 0 bridgehead atoms. The van der Waals surface area contributed by atoms with Gasteiger partial charge in [-0.25, -0.2) is 4.79 Å². The first-order chi connectivity index (χ1) is 13.9. The van der Waals surface area contributed by atoms with Gasteiger partial charge in [0.25, 0.3) is 5.91 Å². The third-order valence-corrected chi connectivity index (χ3v) is 6.53. The highest BCUT2D eigenvalue weighted by Gasteiger charge is 2.37. The summed E-state index contributed by atoms with van der Waals surface area (Å²) in [6.45, 7) is 5.51. The topological polar surface area (TPSA) is 94.3 Å². The van der Waals surface area contributed by atoms with Gasteiger partial charge in [0, 0.05) is 16.7 Å². The molecular weight excluding hydrogens is 410 g/mol. The van der Waals surface area contributed by atoms with Crippen LogP contribution in [0.2, 0.25) is 0 Å². The van der Waals surface area contributed by atoms with E-state index in [1.54, 1.807) is 6.92 Å². The number of furan rings is 1. The summed E-state index contributed by atoms with van der Waals surface area (Å²) < 4.78 is 11.6. The molecule has 3 aromatic rings. The number of thioether (sulfide) groups is 1. The maximum absolute atomic E-state index is 13.1. The predicted octanol–water partition coefficient (Wildman–Crippen LogP) is 4.35. The van der Waals surface area contributed by atoms with Gasteiger partial charge in [0.2, 0.25) is 0 Å². The first kappa shape index (κ1) is 21.3. The van der Waals surface area contributed by atoms with Crippen LogP contribution in [-0.2, 0) is 15.3 Å². The Labute approximate surface area is 177 Å². The number of hydrogen-bond donors (Lipinski definition) is 1. The van der Waals surface area contributed by atoms with E-state index in [0.29, 0.717) is 24.2 Å². The second-order valence-electron chi connectivity index (χ2n) is 6.81. The number of carbonyl (C=O) groups excluding carboxylic acids is 2. The van der Waals surface area contributed by atoms with Crippen LogP contribution in [0.5, 0.6) is 0 Å². The van der Waals surface area contributed by atoms with Crippen molar-refractivity contribution in [3.8, 4) is 0 Å². The van der Waals surface area contributed by atoms with Gasteiger partial charge in [-0.05, 0) is 26.3 Å². The lowest BCUT2D eigenvalue weighted by molar-refractivity contribution is -0.147. The van der Waals surface area contributed by atoms with E-state index in [1.165, 1.54) is 30.2 Å². The number of nitrogens with one attached hydrogen (secondary N) is 1. The normalized spacial score (nSPS) is 13.2. The number of carbonyl (C=O) groups is 2. The van der Waals surface area contributed by atoms with Gasteiger partial charge in [0.15, 0.2) is 10.1 Å². The van der Waals surface area contributed by atoms with Crippen LogP contribution in [0.1, 0.15) is 47.8 Å². The Balaban J connectivity index is 1.92. The number of ether oxygens (including phenoxy) is 1.